The van der Waals surface area contributed by atoms with Crippen molar-refractivity contribution in [2.45, 2.75) is 17.8 Å². The Balaban J connectivity index is 1.63. The average Bonchev–Trinajstić information content (AvgIpc) is 3.23. The van der Waals surface area contributed by atoms with E-state index in [1.165, 1.54) is 18.7 Å². The van der Waals surface area contributed by atoms with E-state index in [4.69, 9.17) is 0 Å². The van der Waals surface area contributed by atoms with E-state index in [9.17, 15) is 9.59 Å². The number of ketones is 1. The second-order valence-corrected chi connectivity index (χ2v) is 8.54. The Labute approximate surface area is 196 Å². The molecule has 0 saturated carbocycles. The van der Waals surface area contributed by atoms with Crippen LogP contribution in [0.25, 0.3) is 5.69 Å². The Kier molecular flexibility index (Phi) is 6.72. The molecule has 0 spiro atoms. The molecule has 0 aliphatic rings. The third-order valence-electron chi connectivity index (χ3n) is 4.48. The van der Waals surface area contributed by atoms with Gasteiger partial charge in [-0.3, -0.25) is 9.59 Å². The predicted octanol–water partition coefficient (Wildman–Crippen LogP) is 4.57. The first-order valence-electron chi connectivity index (χ1n) is 9.54. The summed E-state index contributed by atoms with van der Waals surface area (Å²) in [5, 5.41) is 11.8. The number of carbonyl (C=O) groups excluding carboxylic acids is 2. The molecule has 0 saturated heterocycles. The van der Waals surface area contributed by atoms with Crippen LogP contribution in [0, 0.1) is 0 Å². The maximum atomic E-state index is 13.0. The number of Topliss-reactive ketones (excluding diaryl/α,β-unsaturated/α-hetero) is 1. The number of hydrogen-bond acceptors (Lipinski definition) is 7. The lowest BCUT2D eigenvalue weighted by molar-refractivity contribution is 0.101. The number of hydrogen-bond donors (Lipinski definition) is 1. The number of nitrogens with zero attached hydrogens (tertiary/aromatic N) is 5. The van der Waals surface area contributed by atoms with Gasteiger partial charge in [0.05, 0.1) is 11.4 Å². The van der Waals surface area contributed by atoms with Crippen LogP contribution in [-0.2, 0) is 5.75 Å². The molecule has 4 rings (SSSR count). The van der Waals surface area contributed by atoms with Crippen molar-refractivity contribution in [1.29, 1.82) is 0 Å². The summed E-state index contributed by atoms with van der Waals surface area (Å²) in [6, 6.07) is 16.0. The van der Waals surface area contributed by atoms with Gasteiger partial charge in [-0.15, -0.1) is 5.10 Å². The number of carbonyl (C=O) groups is 2. The summed E-state index contributed by atoms with van der Waals surface area (Å²) in [6.07, 6.45) is 3.33. The van der Waals surface area contributed by atoms with Crippen molar-refractivity contribution < 1.29 is 9.59 Å². The fraction of sp³-hybridized carbons (Fsp3) is 0.0909. The molecule has 2 heterocycles. The van der Waals surface area contributed by atoms with Crippen molar-refractivity contribution in [2.24, 2.45) is 0 Å². The van der Waals surface area contributed by atoms with E-state index in [1.54, 1.807) is 47.4 Å². The molecule has 0 aliphatic heterocycles. The fourth-order valence-corrected chi connectivity index (χ4v) is 3.93. The molecule has 160 valence electrons. The van der Waals surface area contributed by atoms with Crippen LogP contribution in [0.4, 0.5) is 5.69 Å². The van der Waals surface area contributed by atoms with Gasteiger partial charge in [-0.1, -0.05) is 32.9 Å². The molecule has 1 N–H and O–H groups in total. The molecule has 0 atom stereocenters. The maximum absolute atomic E-state index is 13.0. The summed E-state index contributed by atoms with van der Waals surface area (Å²) in [6.45, 7) is 1.49. The van der Waals surface area contributed by atoms with Gasteiger partial charge in [0.25, 0.3) is 5.91 Å². The minimum atomic E-state index is -0.395. The minimum Gasteiger partial charge on any atom is -0.321 e. The Hall–Kier alpha value is -3.37. The Morgan fingerprint density at radius 2 is 1.72 bits per heavy atom. The van der Waals surface area contributed by atoms with E-state index in [-0.39, 0.29) is 11.5 Å². The van der Waals surface area contributed by atoms with E-state index < -0.39 is 5.91 Å². The smallest absolute Gasteiger partial charge is 0.278 e. The second kappa shape index (κ2) is 9.84. The van der Waals surface area contributed by atoms with Crippen molar-refractivity contribution in [1.82, 2.24) is 25.0 Å². The van der Waals surface area contributed by atoms with Gasteiger partial charge in [0.1, 0.15) is 0 Å². The molecule has 0 bridgehead atoms. The third-order valence-corrected chi connectivity index (χ3v) is 5.89. The SMILES string of the molecule is CC(=O)c1ccc(NC(=O)c2nnn(-c3ccc(Br)cc3)c2CSc2ncccn2)cc1. The molecule has 2 aromatic carbocycles. The van der Waals surface area contributed by atoms with Gasteiger partial charge in [0.15, 0.2) is 16.6 Å². The number of amides is 1. The molecular weight excluding hydrogens is 492 g/mol. The van der Waals surface area contributed by atoms with Gasteiger partial charge in [-0.05, 0) is 61.5 Å². The molecule has 4 aromatic rings. The third kappa shape index (κ3) is 5.09. The number of aromatic nitrogens is 5. The Morgan fingerprint density at radius 1 is 1.03 bits per heavy atom. The summed E-state index contributed by atoms with van der Waals surface area (Å²) in [5.74, 6) is -0.0460. The number of benzene rings is 2. The summed E-state index contributed by atoms with van der Waals surface area (Å²) in [7, 11) is 0. The number of rotatable bonds is 7. The van der Waals surface area contributed by atoms with E-state index in [0.717, 1.165) is 10.2 Å². The fourth-order valence-electron chi connectivity index (χ4n) is 2.87. The van der Waals surface area contributed by atoms with E-state index in [1.807, 2.05) is 24.3 Å². The molecular formula is C22H17BrN6O2S. The quantitative estimate of drug-likeness (QED) is 0.221. The molecule has 10 heteroatoms. The highest BCUT2D eigenvalue weighted by molar-refractivity contribution is 9.10. The lowest BCUT2D eigenvalue weighted by atomic mass is 10.1. The maximum Gasteiger partial charge on any atom is 0.278 e. The summed E-state index contributed by atoms with van der Waals surface area (Å²) in [5.41, 5.74) is 2.72. The van der Waals surface area contributed by atoms with Crippen molar-refractivity contribution in [3.8, 4) is 5.69 Å². The Bertz CT molecular complexity index is 1240. The largest absolute Gasteiger partial charge is 0.321 e. The first-order valence-corrected chi connectivity index (χ1v) is 11.3. The lowest BCUT2D eigenvalue weighted by Crippen LogP contribution is -2.15. The molecule has 1 amide bonds. The standard InChI is InChI=1S/C22H17BrN6O2S/c1-14(30)15-3-7-17(8-4-15)26-21(31)20-19(13-32-22-24-11-2-12-25-22)29(28-27-20)18-9-5-16(23)6-10-18/h2-12H,13H2,1H3,(H,26,31). The zero-order chi connectivity index (χ0) is 22.5. The van der Waals surface area contributed by atoms with E-state index in [2.05, 4.69) is 41.5 Å². The summed E-state index contributed by atoms with van der Waals surface area (Å²) < 4.78 is 2.57. The number of halogens is 1. The van der Waals surface area contributed by atoms with Gasteiger partial charge >= 0.3 is 0 Å². The molecule has 0 fully saturated rings. The first kappa shape index (κ1) is 21.8. The monoisotopic (exact) mass is 508 g/mol. The van der Waals surface area contributed by atoms with E-state index >= 15 is 0 Å². The van der Waals surface area contributed by atoms with Crippen LogP contribution in [0.1, 0.15) is 33.5 Å². The highest BCUT2D eigenvalue weighted by Crippen LogP contribution is 2.24. The highest BCUT2D eigenvalue weighted by atomic mass is 79.9. The van der Waals surface area contributed by atoms with E-state index in [0.29, 0.717) is 27.9 Å². The van der Waals surface area contributed by atoms with Crippen molar-refractivity contribution in [2.75, 3.05) is 5.32 Å². The molecule has 0 unspecified atom stereocenters. The molecule has 8 nitrogen and oxygen atoms in total. The minimum absolute atomic E-state index is 0.0391. The van der Waals surface area contributed by atoms with Crippen molar-refractivity contribution in [3.05, 3.63) is 88.4 Å². The van der Waals surface area contributed by atoms with Gasteiger partial charge in [0.2, 0.25) is 0 Å². The lowest BCUT2D eigenvalue weighted by Gasteiger charge is -2.09. The van der Waals surface area contributed by atoms with Crippen LogP contribution < -0.4 is 5.32 Å². The van der Waals surface area contributed by atoms with Crippen LogP contribution in [0.15, 0.2) is 76.6 Å². The van der Waals surface area contributed by atoms with Gasteiger partial charge in [-0.2, -0.15) is 0 Å². The topological polar surface area (TPSA) is 103 Å². The summed E-state index contributed by atoms with van der Waals surface area (Å²) in [4.78, 5) is 32.9. The van der Waals surface area contributed by atoms with Gasteiger partial charge in [-0.25, -0.2) is 14.6 Å². The molecule has 32 heavy (non-hydrogen) atoms. The second-order valence-electron chi connectivity index (χ2n) is 6.68. The van der Waals surface area contributed by atoms with Crippen LogP contribution in [0.2, 0.25) is 0 Å². The molecule has 0 radical (unpaired) electrons. The zero-order valence-corrected chi connectivity index (χ0v) is 19.3. The van der Waals surface area contributed by atoms with Crippen molar-refractivity contribution >= 4 is 45.1 Å². The first-order chi connectivity index (χ1) is 15.5. The average molecular weight is 509 g/mol. The van der Waals surface area contributed by atoms with Crippen molar-refractivity contribution in [3.63, 3.8) is 0 Å². The zero-order valence-electron chi connectivity index (χ0n) is 16.9. The van der Waals surface area contributed by atoms with Crippen LogP contribution in [0.3, 0.4) is 0 Å². The van der Waals surface area contributed by atoms with Crippen LogP contribution in [-0.4, -0.2) is 36.7 Å². The predicted molar refractivity (Wildman–Crippen MR) is 125 cm³/mol. The van der Waals surface area contributed by atoms with Crippen LogP contribution >= 0.6 is 27.7 Å². The van der Waals surface area contributed by atoms with Gasteiger partial charge < -0.3 is 5.32 Å². The van der Waals surface area contributed by atoms with Gasteiger partial charge in [0, 0.05) is 33.9 Å². The molecule has 0 aliphatic carbocycles. The number of thioether (sulfide) groups is 1. The Morgan fingerprint density at radius 3 is 2.38 bits per heavy atom. The summed E-state index contributed by atoms with van der Waals surface area (Å²) >= 11 is 4.81. The van der Waals surface area contributed by atoms with Crippen LogP contribution in [0.5, 0.6) is 0 Å². The number of nitrogens with one attached hydrogen (secondary N) is 1. The highest BCUT2D eigenvalue weighted by Gasteiger charge is 2.21. The number of anilines is 1. The normalized spacial score (nSPS) is 10.7. The molecule has 2 aromatic heterocycles.